The van der Waals surface area contributed by atoms with Gasteiger partial charge in [-0.25, -0.2) is 4.98 Å². The van der Waals surface area contributed by atoms with Crippen LogP contribution in [0.25, 0.3) is 0 Å². The van der Waals surface area contributed by atoms with E-state index in [9.17, 15) is 23.1 Å². The molecule has 0 spiro atoms. The minimum atomic E-state index is -4.98. The largest absolute Gasteiger partial charge is 0.574 e. The predicted octanol–water partition coefficient (Wildman–Crippen LogP) is 2.05. The molecule has 1 aromatic rings. The van der Waals surface area contributed by atoms with Crippen molar-refractivity contribution in [1.82, 2.24) is 4.98 Å². The Bertz CT molecular complexity index is 464. The van der Waals surface area contributed by atoms with Gasteiger partial charge in [-0.15, -0.1) is 24.8 Å². The van der Waals surface area contributed by atoms with Gasteiger partial charge in [0.1, 0.15) is 5.75 Å². The number of pyridine rings is 1. The second-order valence-corrected chi connectivity index (χ2v) is 3.42. The smallest absolute Gasteiger partial charge is 0.506 e. The highest BCUT2D eigenvalue weighted by Gasteiger charge is 2.33. The van der Waals surface area contributed by atoms with Crippen molar-refractivity contribution in [3.63, 3.8) is 0 Å². The maximum absolute atomic E-state index is 12.1. The average Bonchev–Trinajstić information content (AvgIpc) is 2.20. The molecule has 9 heteroatoms. The minimum Gasteiger partial charge on any atom is -0.506 e. The summed E-state index contributed by atoms with van der Waals surface area (Å²) < 4.78 is 39.8. The topological polar surface area (TPSA) is 79.7 Å². The quantitative estimate of drug-likeness (QED) is 0.828. The average molecular weight is 286 g/mol. The number of hydrogen-bond acceptors (Lipinski definition) is 4. The summed E-state index contributed by atoms with van der Waals surface area (Å²) in [5, 5.41) is 18.0. The number of carboxylic acid groups (broad SMARTS) is 1. The van der Waals surface area contributed by atoms with E-state index in [0.717, 1.165) is 0 Å². The number of hydrogen-bond donors (Lipinski definition) is 2. The number of rotatable bonds is 4. The summed E-state index contributed by atoms with van der Waals surface area (Å²) in [6, 6.07) is 0. The summed E-state index contributed by atoms with van der Waals surface area (Å²) >= 11 is 5.43. The number of aliphatic carboxylic acids is 1. The molecule has 0 radical (unpaired) electrons. The number of carboxylic acids is 1. The van der Waals surface area contributed by atoms with Crippen LogP contribution in [0.4, 0.5) is 13.2 Å². The van der Waals surface area contributed by atoms with E-state index in [1.54, 1.807) is 0 Å². The van der Waals surface area contributed by atoms with Crippen LogP contribution in [0.1, 0.15) is 11.1 Å². The Morgan fingerprint density at radius 2 is 2.06 bits per heavy atom. The monoisotopic (exact) mass is 285 g/mol. The lowest BCUT2D eigenvalue weighted by Crippen LogP contribution is -2.19. The normalized spacial score (nSPS) is 11.3. The van der Waals surface area contributed by atoms with Gasteiger partial charge in [0.25, 0.3) is 0 Å². The lowest BCUT2D eigenvalue weighted by Gasteiger charge is -2.14. The molecule has 100 valence electrons. The van der Waals surface area contributed by atoms with Gasteiger partial charge in [-0.05, 0) is 0 Å². The number of nitrogens with zero attached hydrogens (tertiary/aromatic N) is 1. The molecule has 0 aliphatic rings. The summed E-state index contributed by atoms with van der Waals surface area (Å²) in [6.45, 7) is 0. The van der Waals surface area contributed by atoms with E-state index in [4.69, 9.17) is 16.7 Å². The first-order valence-electron chi connectivity index (χ1n) is 4.47. The van der Waals surface area contributed by atoms with Crippen LogP contribution >= 0.6 is 11.6 Å². The van der Waals surface area contributed by atoms with Crippen LogP contribution in [-0.4, -0.2) is 27.5 Å². The van der Waals surface area contributed by atoms with Gasteiger partial charge in [0.15, 0.2) is 0 Å². The van der Waals surface area contributed by atoms with Crippen LogP contribution in [0.15, 0.2) is 6.20 Å². The molecule has 0 aliphatic carbocycles. The molecule has 0 fully saturated rings. The molecule has 1 heterocycles. The lowest BCUT2D eigenvalue weighted by molar-refractivity contribution is -0.276. The van der Waals surface area contributed by atoms with E-state index in [1.165, 1.54) is 0 Å². The Labute approximate surface area is 104 Å². The third-order valence-corrected chi connectivity index (χ3v) is 2.18. The summed E-state index contributed by atoms with van der Waals surface area (Å²) in [5.41, 5.74) is -0.567. The zero-order chi connectivity index (χ0) is 13.9. The molecular weight excluding hydrogens is 279 g/mol. The van der Waals surface area contributed by atoms with Crippen molar-refractivity contribution in [1.29, 1.82) is 0 Å². The van der Waals surface area contributed by atoms with Crippen LogP contribution in [-0.2, 0) is 17.1 Å². The molecule has 1 aromatic heterocycles. The highest BCUT2D eigenvalue weighted by atomic mass is 35.5. The fourth-order valence-corrected chi connectivity index (χ4v) is 1.52. The molecule has 0 aliphatic heterocycles. The van der Waals surface area contributed by atoms with Crippen LogP contribution in [0.2, 0.25) is 0 Å². The highest BCUT2D eigenvalue weighted by molar-refractivity contribution is 6.17. The van der Waals surface area contributed by atoms with Crippen molar-refractivity contribution in [3.8, 4) is 11.6 Å². The van der Waals surface area contributed by atoms with Crippen molar-refractivity contribution in [3.05, 3.63) is 17.3 Å². The fraction of sp³-hybridized carbons (Fsp3) is 0.333. The number of aromatic nitrogens is 1. The molecule has 1 rings (SSSR count). The molecule has 0 unspecified atom stereocenters. The molecule has 0 saturated carbocycles. The summed E-state index contributed by atoms with van der Waals surface area (Å²) in [7, 11) is 0. The standard InChI is InChI=1S/C9H7ClF3NO4/c10-2-5-4(1-7(16)17)6(15)3-14-8(5)18-9(11,12)13/h3,15H,1-2H2,(H,16,17). The zero-order valence-electron chi connectivity index (χ0n) is 8.66. The van der Waals surface area contributed by atoms with Gasteiger partial charge in [0.2, 0.25) is 5.88 Å². The van der Waals surface area contributed by atoms with Crippen LogP contribution in [0, 0.1) is 0 Å². The minimum absolute atomic E-state index is 0.258. The summed E-state index contributed by atoms with van der Waals surface area (Å²) in [5.74, 6) is -3.23. The SMILES string of the molecule is O=C(O)Cc1c(O)cnc(OC(F)(F)F)c1CCl. The predicted molar refractivity (Wildman–Crippen MR) is 53.5 cm³/mol. The van der Waals surface area contributed by atoms with Gasteiger partial charge in [0, 0.05) is 11.1 Å². The Balaban J connectivity index is 3.24. The van der Waals surface area contributed by atoms with E-state index < -0.39 is 36.3 Å². The summed E-state index contributed by atoms with van der Waals surface area (Å²) in [6.07, 6.45) is -4.99. The third kappa shape index (κ3) is 3.66. The van der Waals surface area contributed by atoms with Crippen LogP contribution < -0.4 is 4.74 Å². The van der Waals surface area contributed by atoms with E-state index in [2.05, 4.69) is 9.72 Å². The van der Waals surface area contributed by atoms with Crippen LogP contribution in [0.3, 0.4) is 0 Å². The molecule has 0 bridgehead atoms. The second kappa shape index (κ2) is 5.30. The van der Waals surface area contributed by atoms with Gasteiger partial charge in [-0.1, -0.05) is 0 Å². The molecule has 0 amide bonds. The molecular formula is C9H7ClF3NO4. The number of alkyl halides is 4. The number of carbonyl (C=O) groups is 1. The highest BCUT2D eigenvalue weighted by Crippen LogP contribution is 2.32. The first-order chi connectivity index (χ1) is 8.24. The molecule has 2 N–H and O–H groups in total. The van der Waals surface area contributed by atoms with Crippen LogP contribution in [0.5, 0.6) is 11.6 Å². The number of halogens is 4. The Kier molecular flexibility index (Phi) is 4.23. The Hall–Kier alpha value is -1.70. The van der Waals surface area contributed by atoms with Crippen molar-refractivity contribution in [2.24, 2.45) is 0 Å². The van der Waals surface area contributed by atoms with Crippen molar-refractivity contribution in [2.45, 2.75) is 18.7 Å². The lowest BCUT2D eigenvalue weighted by atomic mass is 10.1. The van der Waals surface area contributed by atoms with Gasteiger partial charge >= 0.3 is 12.3 Å². The third-order valence-electron chi connectivity index (χ3n) is 1.91. The van der Waals surface area contributed by atoms with Gasteiger partial charge in [0.05, 0.1) is 18.5 Å². The number of aromatic hydroxyl groups is 1. The van der Waals surface area contributed by atoms with E-state index in [-0.39, 0.29) is 11.1 Å². The fourth-order valence-electron chi connectivity index (χ4n) is 1.24. The molecule has 0 saturated heterocycles. The molecule has 18 heavy (non-hydrogen) atoms. The Morgan fingerprint density at radius 3 is 2.50 bits per heavy atom. The van der Waals surface area contributed by atoms with Crippen molar-refractivity contribution >= 4 is 17.6 Å². The maximum Gasteiger partial charge on any atom is 0.574 e. The molecule has 0 aromatic carbocycles. The first kappa shape index (κ1) is 14.4. The molecule has 0 atom stereocenters. The van der Waals surface area contributed by atoms with E-state index >= 15 is 0 Å². The van der Waals surface area contributed by atoms with Gasteiger partial charge < -0.3 is 14.9 Å². The van der Waals surface area contributed by atoms with Crippen molar-refractivity contribution < 1.29 is 32.9 Å². The first-order valence-corrected chi connectivity index (χ1v) is 5.01. The van der Waals surface area contributed by atoms with Gasteiger partial charge in [-0.2, -0.15) is 0 Å². The number of ether oxygens (including phenoxy) is 1. The molecule has 5 nitrogen and oxygen atoms in total. The maximum atomic E-state index is 12.1. The van der Waals surface area contributed by atoms with E-state index in [1.807, 2.05) is 0 Å². The van der Waals surface area contributed by atoms with Gasteiger partial charge in [-0.3, -0.25) is 4.79 Å². The summed E-state index contributed by atoms with van der Waals surface area (Å²) in [4.78, 5) is 13.8. The zero-order valence-corrected chi connectivity index (χ0v) is 9.42. The van der Waals surface area contributed by atoms with E-state index in [0.29, 0.717) is 6.20 Å². The Morgan fingerprint density at radius 1 is 1.44 bits per heavy atom. The second-order valence-electron chi connectivity index (χ2n) is 3.16. The van der Waals surface area contributed by atoms with Crippen molar-refractivity contribution in [2.75, 3.05) is 0 Å².